The van der Waals surface area contributed by atoms with Crippen molar-refractivity contribution in [2.24, 2.45) is 9.98 Å². The van der Waals surface area contributed by atoms with E-state index in [2.05, 4.69) is 64.1 Å². The van der Waals surface area contributed by atoms with Gasteiger partial charge in [0.2, 0.25) is 0 Å². The fourth-order valence-corrected chi connectivity index (χ4v) is 3.64. The molecule has 0 bridgehead atoms. The molecule has 0 spiro atoms. The second-order valence-corrected chi connectivity index (χ2v) is 7.27. The quantitative estimate of drug-likeness (QED) is 0.289. The van der Waals surface area contributed by atoms with Crippen LogP contribution in [-0.2, 0) is 42.5 Å². The molecule has 0 saturated carbocycles. The summed E-state index contributed by atoms with van der Waals surface area (Å²) in [6.07, 6.45) is 7.61. The van der Waals surface area contributed by atoms with E-state index < -0.39 is 0 Å². The second kappa shape index (κ2) is 17.7. The summed E-state index contributed by atoms with van der Waals surface area (Å²) in [5, 5.41) is 0. The van der Waals surface area contributed by atoms with Gasteiger partial charge in [0, 0.05) is 0 Å². The van der Waals surface area contributed by atoms with Crippen molar-refractivity contribution in [1.29, 1.82) is 0 Å². The Bertz CT molecular complexity index is 943. The zero-order chi connectivity index (χ0) is 21.3. The van der Waals surface area contributed by atoms with E-state index in [0.29, 0.717) is 0 Å². The Morgan fingerprint density at radius 1 is 0.559 bits per heavy atom. The van der Waals surface area contributed by atoms with Gasteiger partial charge in [0.25, 0.3) is 0 Å². The number of benzene rings is 2. The van der Waals surface area contributed by atoms with Crippen molar-refractivity contribution >= 4 is 23.8 Å². The van der Waals surface area contributed by atoms with Crippen molar-refractivity contribution in [1.82, 2.24) is 4.98 Å². The summed E-state index contributed by atoms with van der Waals surface area (Å²) in [6.45, 7) is 8.67. The Morgan fingerprint density at radius 2 is 0.853 bits per heavy atom. The number of pyridine rings is 1. The van der Waals surface area contributed by atoms with E-state index in [1.54, 1.807) is 0 Å². The molecule has 0 saturated heterocycles. The van der Waals surface area contributed by atoms with Crippen molar-refractivity contribution < 1.29 is 54.0 Å². The maximum atomic E-state index is 4.80. The molecule has 34 heavy (non-hydrogen) atoms. The van der Waals surface area contributed by atoms with E-state index in [1.807, 2.05) is 30.6 Å². The van der Waals surface area contributed by atoms with Gasteiger partial charge in [-0.2, -0.15) is 0 Å². The third kappa shape index (κ3) is 8.83. The van der Waals surface area contributed by atoms with Crippen molar-refractivity contribution in [3.05, 3.63) is 88.2 Å². The van der Waals surface area contributed by atoms with Crippen LogP contribution in [0.15, 0.2) is 64.6 Å². The van der Waals surface area contributed by atoms with Crippen LogP contribution in [0.1, 0.15) is 61.3 Å². The topological polar surface area (TPSA) is 37.6 Å². The zero-order valence-corrected chi connectivity index (χ0v) is 23.3. The fraction of sp³-hybridized carbons (Fsp3) is 0.296. The first kappa shape index (κ1) is 34.5. The number of para-hydroxylation sites is 2. The van der Waals surface area contributed by atoms with Gasteiger partial charge in [-0.25, -0.2) is 4.98 Å². The van der Waals surface area contributed by atoms with Crippen molar-refractivity contribution in [2.45, 2.75) is 53.4 Å². The molecule has 0 amide bonds. The monoisotopic (exact) mass is 561 g/mol. The SMILES string of the molecule is CCc1cccc(CC)c1N=Cc1cccc(C=Nc2c(CC)cccc2CC)n1.[Cl-].[Cl-].[Cl-].[Co+3]. The van der Waals surface area contributed by atoms with Crippen LogP contribution in [0.5, 0.6) is 0 Å². The summed E-state index contributed by atoms with van der Waals surface area (Å²) in [6, 6.07) is 18.8. The van der Waals surface area contributed by atoms with E-state index in [1.165, 1.54) is 22.3 Å². The number of aliphatic imine (C=N–C) groups is 2. The van der Waals surface area contributed by atoms with Gasteiger partial charge in [0.05, 0.1) is 35.2 Å². The van der Waals surface area contributed by atoms with E-state index >= 15 is 0 Å². The number of hydrogen-bond acceptors (Lipinski definition) is 3. The van der Waals surface area contributed by atoms with E-state index in [4.69, 9.17) is 15.0 Å². The van der Waals surface area contributed by atoms with E-state index in [0.717, 1.165) is 48.4 Å². The molecule has 1 aromatic heterocycles. The molecule has 184 valence electrons. The van der Waals surface area contributed by atoms with Gasteiger partial charge >= 0.3 is 16.8 Å². The van der Waals surface area contributed by atoms with E-state index in [-0.39, 0.29) is 54.0 Å². The molecule has 0 N–H and O–H groups in total. The average molecular weight is 563 g/mol. The minimum absolute atomic E-state index is 0. The van der Waals surface area contributed by atoms with Crippen LogP contribution in [-0.4, -0.2) is 17.4 Å². The third-order valence-electron chi connectivity index (χ3n) is 5.37. The van der Waals surface area contributed by atoms with Gasteiger partial charge in [-0.15, -0.1) is 0 Å². The molecule has 0 aliphatic carbocycles. The number of nitrogens with zero attached hydrogens (tertiary/aromatic N) is 3. The smallest absolute Gasteiger partial charge is 1.00 e. The Balaban J connectivity index is 0. The van der Waals surface area contributed by atoms with Crippen LogP contribution in [0, 0.1) is 0 Å². The molecule has 7 heteroatoms. The van der Waals surface area contributed by atoms with Gasteiger partial charge in [0.15, 0.2) is 0 Å². The summed E-state index contributed by atoms with van der Waals surface area (Å²) >= 11 is 0. The standard InChI is InChI=1S/C27H31N3.3ClH.Co/c1-5-20-12-9-13-21(6-2)26(20)28-18-24-16-11-17-25(30-24)19-29-27-22(7-3)14-10-15-23(27)8-4;;;;/h9-19H,5-8H2,1-4H3;3*1H;/q;;;;+3/p-3. The van der Waals surface area contributed by atoms with Crippen LogP contribution in [0.25, 0.3) is 0 Å². The average Bonchev–Trinajstić information content (AvgIpc) is 2.80. The molecular formula is C27H31Cl3CoN3. The van der Waals surface area contributed by atoms with E-state index in [9.17, 15) is 0 Å². The van der Waals surface area contributed by atoms with Gasteiger partial charge in [-0.05, 0) is 60.1 Å². The molecule has 2 aromatic carbocycles. The molecule has 0 unspecified atom stereocenters. The Morgan fingerprint density at radius 3 is 1.15 bits per heavy atom. The number of rotatable bonds is 8. The summed E-state index contributed by atoms with van der Waals surface area (Å²) in [5.41, 5.74) is 8.91. The van der Waals surface area contributed by atoms with Crippen LogP contribution in [0.4, 0.5) is 11.4 Å². The maximum Gasteiger partial charge on any atom is 3.00 e. The molecule has 3 nitrogen and oxygen atoms in total. The van der Waals surface area contributed by atoms with Gasteiger partial charge in [-0.1, -0.05) is 70.2 Å². The van der Waals surface area contributed by atoms with Crippen LogP contribution < -0.4 is 37.2 Å². The molecule has 1 heterocycles. The van der Waals surface area contributed by atoms with Crippen molar-refractivity contribution in [2.75, 3.05) is 0 Å². The molecule has 0 fully saturated rings. The van der Waals surface area contributed by atoms with Crippen LogP contribution in [0.2, 0.25) is 0 Å². The fourth-order valence-electron chi connectivity index (χ4n) is 3.64. The normalized spacial score (nSPS) is 10.2. The van der Waals surface area contributed by atoms with Gasteiger partial charge in [-0.3, -0.25) is 9.98 Å². The third-order valence-corrected chi connectivity index (χ3v) is 5.37. The summed E-state index contributed by atoms with van der Waals surface area (Å²) in [4.78, 5) is 14.3. The molecule has 0 radical (unpaired) electrons. The largest absolute Gasteiger partial charge is 3.00 e. The first-order chi connectivity index (χ1) is 14.7. The number of aryl methyl sites for hydroxylation is 4. The predicted molar refractivity (Wildman–Crippen MR) is 129 cm³/mol. The van der Waals surface area contributed by atoms with Crippen molar-refractivity contribution in [3.63, 3.8) is 0 Å². The van der Waals surface area contributed by atoms with Crippen LogP contribution >= 0.6 is 0 Å². The molecule has 0 aliphatic heterocycles. The molecule has 3 aromatic rings. The minimum Gasteiger partial charge on any atom is -1.00 e. The first-order valence-corrected chi connectivity index (χ1v) is 11.0. The predicted octanol–water partition coefficient (Wildman–Crippen LogP) is -2.16. The minimum atomic E-state index is 0. The summed E-state index contributed by atoms with van der Waals surface area (Å²) in [7, 11) is 0. The molecule has 0 aliphatic rings. The van der Waals surface area contributed by atoms with Crippen LogP contribution in [0.3, 0.4) is 0 Å². The second-order valence-electron chi connectivity index (χ2n) is 7.27. The maximum absolute atomic E-state index is 4.80. The van der Waals surface area contributed by atoms with Gasteiger partial charge in [0.1, 0.15) is 0 Å². The Kier molecular flexibility index (Phi) is 17.9. The Labute approximate surface area is 233 Å². The number of aromatic nitrogens is 1. The molecule has 0 atom stereocenters. The summed E-state index contributed by atoms with van der Waals surface area (Å²) < 4.78 is 0. The Hall–Kier alpha value is -1.69. The number of hydrogen-bond donors (Lipinski definition) is 0. The molecule has 3 rings (SSSR count). The van der Waals surface area contributed by atoms with Gasteiger partial charge < -0.3 is 37.2 Å². The zero-order valence-electron chi connectivity index (χ0n) is 20.0. The van der Waals surface area contributed by atoms with Crippen molar-refractivity contribution in [3.8, 4) is 0 Å². The number of halogens is 3. The summed E-state index contributed by atoms with van der Waals surface area (Å²) in [5.74, 6) is 0. The molecular weight excluding hydrogens is 532 g/mol. The first-order valence-electron chi connectivity index (χ1n) is 11.0.